The molecule has 12 nitrogen and oxygen atoms in total. The molecule has 2 amide bonds. The summed E-state index contributed by atoms with van der Waals surface area (Å²) in [4.78, 5) is 48.6. The first-order chi connectivity index (χ1) is 17.0. The lowest BCUT2D eigenvalue weighted by Gasteiger charge is -2.26. The zero-order valence-corrected chi connectivity index (χ0v) is 21.3. The van der Waals surface area contributed by atoms with Gasteiger partial charge in [-0.15, -0.1) is 11.3 Å². The number of aromatic nitrogens is 1. The summed E-state index contributed by atoms with van der Waals surface area (Å²) in [7, 11) is -3.66. The molecule has 1 aliphatic rings. The molecule has 0 fully saturated rings. The Morgan fingerprint density at radius 3 is 2.72 bits per heavy atom. The fraction of sp³-hybridized carbons (Fsp3) is 0.409. The number of Topliss-reactive ketones (excluding diaryl/α,β-unsaturated/α-hetero) is 1. The largest absolute Gasteiger partial charge is 0.370 e. The molecule has 0 bridgehead atoms. The van der Waals surface area contributed by atoms with Crippen LogP contribution in [-0.2, 0) is 26.0 Å². The minimum absolute atomic E-state index is 0.0718. The quantitative estimate of drug-likeness (QED) is 0.131. The lowest BCUT2D eigenvalue weighted by molar-refractivity contribution is -0.124. The molecule has 194 valence electrons. The lowest BCUT2D eigenvalue weighted by atomic mass is 10.1. The predicted octanol–water partition coefficient (Wildman–Crippen LogP) is -0.239. The highest BCUT2D eigenvalue weighted by Gasteiger charge is 2.34. The summed E-state index contributed by atoms with van der Waals surface area (Å²) in [5, 5.41) is 4.62. The van der Waals surface area contributed by atoms with Crippen molar-refractivity contribution >= 4 is 50.6 Å². The second-order valence-electron chi connectivity index (χ2n) is 8.30. The number of anilines is 1. The first-order valence-corrected chi connectivity index (χ1v) is 14.0. The van der Waals surface area contributed by atoms with Crippen LogP contribution in [0.15, 0.2) is 40.8 Å². The average Bonchev–Trinajstić information content (AvgIpc) is 3.32. The molecule has 1 unspecified atom stereocenters. The number of guanidine groups is 1. The van der Waals surface area contributed by atoms with Gasteiger partial charge < -0.3 is 21.7 Å². The van der Waals surface area contributed by atoms with Crippen LogP contribution >= 0.6 is 11.3 Å². The minimum atomic E-state index is -3.66. The van der Waals surface area contributed by atoms with Crippen molar-refractivity contribution in [1.82, 2.24) is 15.0 Å². The minimum Gasteiger partial charge on any atom is -0.370 e. The van der Waals surface area contributed by atoms with Crippen molar-refractivity contribution in [3.63, 3.8) is 0 Å². The molecule has 0 radical (unpaired) electrons. The number of nitrogens with one attached hydrogen (secondary N) is 2. The molecule has 36 heavy (non-hydrogen) atoms. The highest BCUT2D eigenvalue weighted by Crippen LogP contribution is 2.27. The van der Waals surface area contributed by atoms with E-state index in [1.807, 2.05) is 12.1 Å². The maximum atomic E-state index is 13.3. The third-order valence-electron chi connectivity index (χ3n) is 5.45. The highest BCUT2D eigenvalue weighted by molar-refractivity contribution is 7.88. The van der Waals surface area contributed by atoms with Gasteiger partial charge >= 0.3 is 0 Å². The normalized spacial score (nSPS) is 16.5. The summed E-state index contributed by atoms with van der Waals surface area (Å²) in [6.07, 6.45) is 3.85. The van der Waals surface area contributed by atoms with Gasteiger partial charge in [0.15, 0.2) is 11.0 Å². The molecular weight excluding hydrogens is 506 g/mol. The van der Waals surface area contributed by atoms with Crippen LogP contribution in [-0.4, -0.2) is 68.4 Å². The number of amides is 2. The van der Waals surface area contributed by atoms with Crippen molar-refractivity contribution < 1.29 is 22.8 Å². The van der Waals surface area contributed by atoms with Crippen LogP contribution in [0.1, 0.15) is 34.6 Å². The summed E-state index contributed by atoms with van der Waals surface area (Å²) in [5.74, 6) is -1.55. The number of nitrogens with two attached hydrogens (primary N) is 2. The summed E-state index contributed by atoms with van der Waals surface area (Å²) >= 11 is 1.16. The number of fused-ring (bicyclic) bond motifs is 1. The number of para-hydroxylation sites is 1. The Balaban J connectivity index is 1.80. The zero-order chi connectivity index (χ0) is 26.3. The van der Waals surface area contributed by atoms with Crippen LogP contribution in [0, 0.1) is 0 Å². The van der Waals surface area contributed by atoms with E-state index >= 15 is 0 Å². The van der Waals surface area contributed by atoms with E-state index in [0.29, 0.717) is 18.5 Å². The van der Waals surface area contributed by atoms with E-state index in [9.17, 15) is 22.8 Å². The Bertz CT molecular complexity index is 1230. The van der Waals surface area contributed by atoms with E-state index in [1.165, 1.54) is 11.1 Å². The van der Waals surface area contributed by atoms with Gasteiger partial charge in [-0.2, -0.15) is 0 Å². The van der Waals surface area contributed by atoms with Gasteiger partial charge in [0.2, 0.25) is 27.6 Å². The Hall–Kier alpha value is -3.36. The summed E-state index contributed by atoms with van der Waals surface area (Å²) < 4.78 is 26.0. The molecule has 2 heterocycles. The number of ketones is 1. The molecule has 6 N–H and O–H groups in total. The number of rotatable bonds is 11. The van der Waals surface area contributed by atoms with Gasteiger partial charge in [0, 0.05) is 23.8 Å². The third-order valence-corrected chi connectivity index (χ3v) is 6.95. The molecule has 14 heteroatoms. The van der Waals surface area contributed by atoms with Crippen LogP contribution in [0.4, 0.5) is 5.69 Å². The Kier molecular flexibility index (Phi) is 9.12. The van der Waals surface area contributed by atoms with Crippen molar-refractivity contribution in [3.05, 3.63) is 46.4 Å². The zero-order valence-electron chi connectivity index (χ0n) is 19.7. The number of thiazole rings is 1. The Labute approximate surface area is 213 Å². The second kappa shape index (κ2) is 12.1. The number of hydrogen-bond acceptors (Lipinski definition) is 8. The molecule has 0 saturated carbocycles. The summed E-state index contributed by atoms with van der Waals surface area (Å²) in [6, 6.07) is 5.16. The van der Waals surface area contributed by atoms with Gasteiger partial charge in [0.05, 0.1) is 12.3 Å². The number of aryl methyl sites for hydroxylation is 1. The maximum Gasteiger partial charge on any atom is 0.245 e. The fourth-order valence-corrected chi connectivity index (χ4v) is 5.26. The average molecular weight is 536 g/mol. The third kappa shape index (κ3) is 7.57. The number of aliphatic imine (C=N–C) groups is 1. The number of sulfonamides is 1. The summed E-state index contributed by atoms with van der Waals surface area (Å²) in [6.45, 7) is -0.121. The van der Waals surface area contributed by atoms with E-state index in [0.717, 1.165) is 23.2 Å². The molecule has 1 aliphatic heterocycles. The van der Waals surface area contributed by atoms with Crippen molar-refractivity contribution in [1.29, 1.82) is 0 Å². The van der Waals surface area contributed by atoms with Crippen molar-refractivity contribution in [2.24, 2.45) is 16.5 Å². The van der Waals surface area contributed by atoms with Crippen LogP contribution in [0.3, 0.4) is 0 Å². The standard InChI is InChI=1S/C22H29N7O5S2/c1-36(33,34)28-16-9-8-14-5-2-3-7-17(14)29(21(16)32)13-18(30)27-15(6-4-10-26-22(23)24)19(31)20-25-11-12-35-20/h2-3,5,7,11-12,15-16,28H,4,6,8-10,13H2,1H3,(H,27,30)(H4,23,24,26)/t15-,16?/m0/s1. The van der Waals surface area contributed by atoms with Crippen LogP contribution in [0.2, 0.25) is 0 Å². The van der Waals surface area contributed by atoms with Gasteiger partial charge in [0.25, 0.3) is 0 Å². The number of benzene rings is 1. The topological polar surface area (TPSA) is 190 Å². The van der Waals surface area contributed by atoms with Crippen molar-refractivity contribution in [2.75, 3.05) is 24.2 Å². The van der Waals surface area contributed by atoms with Crippen molar-refractivity contribution in [2.45, 2.75) is 37.8 Å². The maximum absolute atomic E-state index is 13.3. The summed E-state index contributed by atoms with van der Waals surface area (Å²) in [5.41, 5.74) is 12.0. The number of nitrogens with zero attached hydrogens (tertiary/aromatic N) is 3. The van der Waals surface area contributed by atoms with Crippen molar-refractivity contribution in [3.8, 4) is 0 Å². The predicted molar refractivity (Wildman–Crippen MR) is 137 cm³/mol. The monoisotopic (exact) mass is 535 g/mol. The molecule has 2 atom stereocenters. The van der Waals surface area contributed by atoms with Gasteiger partial charge in [-0.25, -0.2) is 18.1 Å². The first-order valence-electron chi connectivity index (χ1n) is 11.2. The van der Waals surface area contributed by atoms with Gasteiger partial charge in [-0.1, -0.05) is 18.2 Å². The Morgan fingerprint density at radius 2 is 2.06 bits per heavy atom. The van der Waals surface area contributed by atoms with Gasteiger partial charge in [-0.3, -0.25) is 19.4 Å². The van der Waals surface area contributed by atoms with E-state index in [1.54, 1.807) is 17.5 Å². The van der Waals surface area contributed by atoms with Gasteiger partial charge in [-0.05, 0) is 37.3 Å². The van der Waals surface area contributed by atoms with Gasteiger partial charge in [0.1, 0.15) is 12.6 Å². The Morgan fingerprint density at radius 1 is 1.31 bits per heavy atom. The van der Waals surface area contributed by atoms with E-state index in [2.05, 4.69) is 20.0 Å². The van der Waals surface area contributed by atoms with E-state index in [4.69, 9.17) is 11.5 Å². The second-order valence-corrected chi connectivity index (χ2v) is 11.0. The molecule has 0 aliphatic carbocycles. The highest BCUT2D eigenvalue weighted by atomic mass is 32.2. The number of carbonyl (C=O) groups is 3. The smallest absolute Gasteiger partial charge is 0.245 e. The fourth-order valence-electron chi connectivity index (χ4n) is 3.90. The van der Waals surface area contributed by atoms with E-state index in [-0.39, 0.29) is 36.1 Å². The van der Waals surface area contributed by atoms with Crippen LogP contribution in [0.5, 0.6) is 0 Å². The number of hydrogen-bond donors (Lipinski definition) is 4. The molecule has 0 saturated heterocycles. The molecule has 0 spiro atoms. The molecule has 1 aromatic carbocycles. The molecule has 3 rings (SSSR count). The van der Waals surface area contributed by atoms with E-state index < -0.39 is 40.5 Å². The SMILES string of the molecule is CS(=O)(=O)NC1CCc2ccccc2N(CC(=O)N[C@@H](CCCN=C(N)N)C(=O)c2nccs2)C1=O. The molecular formula is C22H29N7O5S2. The number of carbonyl (C=O) groups excluding carboxylic acids is 3. The molecule has 2 aromatic rings. The van der Waals surface area contributed by atoms with Crippen LogP contribution in [0.25, 0.3) is 0 Å². The molecule has 1 aromatic heterocycles. The van der Waals surface area contributed by atoms with Crippen LogP contribution < -0.4 is 26.4 Å². The lowest BCUT2D eigenvalue weighted by Crippen LogP contribution is -2.52. The first kappa shape index (κ1) is 27.2.